The van der Waals surface area contributed by atoms with Gasteiger partial charge in [-0.15, -0.1) is 0 Å². The van der Waals surface area contributed by atoms with Crippen LogP contribution in [-0.2, 0) is 6.54 Å². The van der Waals surface area contributed by atoms with Gasteiger partial charge in [-0.2, -0.15) is 0 Å². The Morgan fingerprint density at radius 2 is 2.10 bits per heavy atom. The number of fused-ring (bicyclic) bond motifs is 1. The van der Waals surface area contributed by atoms with Gasteiger partial charge in [0, 0.05) is 0 Å². The van der Waals surface area contributed by atoms with Crippen molar-refractivity contribution in [2.24, 2.45) is 0 Å². The number of phenols is 1. The van der Waals surface area contributed by atoms with Crippen molar-refractivity contribution in [2.75, 3.05) is 20.2 Å². The van der Waals surface area contributed by atoms with Crippen LogP contribution in [0.4, 0.5) is 0 Å². The van der Waals surface area contributed by atoms with Crippen molar-refractivity contribution in [1.82, 2.24) is 0 Å². The van der Waals surface area contributed by atoms with Crippen LogP contribution in [0.15, 0.2) is 30.3 Å². The molecule has 2 atom stereocenters. The molecule has 4 nitrogen and oxygen atoms in total. The Balaban J connectivity index is 1.97. The number of aliphatic hydroxyl groups excluding tert-OH is 1. The van der Waals surface area contributed by atoms with Crippen LogP contribution in [-0.4, -0.2) is 36.5 Å². The highest BCUT2D eigenvalue weighted by Gasteiger charge is 2.23. The maximum absolute atomic E-state index is 10.3. The van der Waals surface area contributed by atoms with Crippen LogP contribution in [0.5, 0.6) is 11.5 Å². The summed E-state index contributed by atoms with van der Waals surface area (Å²) in [5.74, 6) is 1.12. The lowest BCUT2D eigenvalue weighted by atomic mass is 10.0. The predicted octanol–water partition coefficient (Wildman–Crippen LogP) is 1.09. The summed E-state index contributed by atoms with van der Waals surface area (Å²) in [4.78, 5) is 1.32. The molecule has 0 spiro atoms. The molecule has 1 aliphatic rings. The van der Waals surface area contributed by atoms with Crippen LogP contribution in [0.2, 0.25) is 0 Å². The molecule has 1 unspecified atom stereocenters. The van der Waals surface area contributed by atoms with E-state index in [9.17, 15) is 10.2 Å². The van der Waals surface area contributed by atoms with Crippen molar-refractivity contribution in [3.63, 3.8) is 0 Å². The molecule has 3 N–H and O–H groups in total. The summed E-state index contributed by atoms with van der Waals surface area (Å²) >= 11 is 0. The minimum Gasteiger partial charge on any atom is -0.507 e. The minimum absolute atomic E-state index is 0.222. The Labute approximate surface area is 124 Å². The zero-order chi connectivity index (χ0) is 14.8. The third kappa shape index (κ3) is 2.96. The number of methoxy groups -OCH3 is 1. The van der Waals surface area contributed by atoms with Crippen molar-refractivity contribution >= 4 is 10.8 Å². The maximum Gasteiger partial charge on any atom is 0.125 e. The van der Waals surface area contributed by atoms with Gasteiger partial charge in [-0.3, -0.25) is 0 Å². The summed E-state index contributed by atoms with van der Waals surface area (Å²) < 4.78 is 5.30. The van der Waals surface area contributed by atoms with Crippen LogP contribution < -0.4 is 9.64 Å². The maximum atomic E-state index is 10.3. The Morgan fingerprint density at radius 1 is 1.29 bits per heavy atom. The predicted molar refractivity (Wildman–Crippen MR) is 81.8 cm³/mol. The van der Waals surface area contributed by atoms with E-state index >= 15 is 0 Å². The van der Waals surface area contributed by atoms with Crippen molar-refractivity contribution in [3.05, 3.63) is 35.9 Å². The van der Waals surface area contributed by atoms with Crippen LogP contribution in [0.1, 0.15) is 18.4 Å². The van der Waals surface area contributed by atoms with E-state index in [1.54, 1.807) is 13.2 Å². The second-order valence-corrected chi connectivity index (χ2v) is 5.83. The molecular weight excluding hydrogens is 266 g/mol. The quantitative estimate of drug-likeness (QED) is 0.792. The van der Waals surface area contributed by atoms with Gasteiger partial charge < -0.3 is 19.8 Å². The monoisotopic (exact) mass is 288 g/mol. The van der Waals surface area contributed by atoms with Crippen molar-refractivity contribution in [3.8, 4) is 11.5 Å². The average Bonchev–Trinajstić information content (AvgIpc) is 2.50. The number of aliphatic hydroxyl groups is 1. The highest BCUT2D eigenvalue weighted by Crippen LogP contribution is 2.29. The number of hydrogen-bond acceptors (Lipinski definition) is 3. The van der Waals surface area contributed by atoms with Crippen molar-refractivity contribution < 1.29 is 19.8 Å². The third-order valence-corrected chi connectivity index (χ3v) is 4.33. The number of piperidine rings is 1. The first-order valence-corrected chi connectivity index (χ1v) is 7.47. The van der Waals surface area contributed by atoms with Crippen molar-refractivity contribution in [2.45, 2.75) is 25.5 Å². The summed E-state index contributed by atoms with van der Waals surface area (Å²) in [5.41, 5.74) is 0.940. The fourth-order valence-electron chi connectivity index (χ4n) is 3.20. The first kappa shape index (κ1) is 14.2. The first-order chi connectivity index (χ1) is 10.2. The van der Waals surface area contributed by atoms with Crippen LogP contribution >= 0.6 is 0 Å². The summed E-state index contributed by atoms with van der Waals surface area (Å²) in [6, 6.07) is 9.60. The van der Waals surface area contributed by atoms with Crippen LogP contribution in [0.3, 0.4) is 0 Å². The molecule has 2 aromatic carbocycles. The molecule has 0 aromatic heterocycles. The number of ether oxygens (including phenoxy) is 1. The number of nitrogens with one attached hydrogen (secondary N) is 1. The summed E-state index contributed by atoms with van der Waals surface area (Å²) in [7, 11) is 1.65. The van der Waals surface area contributed by atoms with Crippen molar-refractivity contribution in [1.29, 1.82) is 0 Å². The number of phenolic OH excluding ortho intramolecular Hbond substituents is 1. The number of hydrogen-bond donors (Lipinski definition) is 3. The molecule has 1 saturated heterocycles. The largest absolute Gasteiger partial charge is 0.507 e. The molecule has 0 amide bonds. The fraction of sp³-hybridized carbons (Fsp3) is 0.412. The Hall–Kier alpha value is -1.78. The number of benzene rings is 2. The summed E-state index contributed by atoms with van der Waals surface area (Å²) in [6.07, 6.45) is 1.70. The SMILES string of the molecule is COc1ccc2ccc(O)c(C[NH+]3CCC[C@@H](O)C3)c2c1. The smallest absolute Gasteiger partial charge is 0.125 e. The highest BCUT2D eigenvalue weighted by atomic mass is 16.5. The zero-order valence-electron chi connectivity index (χ0n) is 12.3. The van der Waals surface area contributed by atoms with E-state index in [1.165, 1.54) is 4.90 Å². The molecule has 112 valence electrons. The van der Waals surface area contributed by atoms with Gasteiger partial charge in [0.2, 0.25) is 0 Å². The number of aromatic hydroxyl groups is 1. The van der Waals surface area contributed by atoms with Crippen LogP contribution in [0, 0.1) is 0 Å². The lowest BCUT2D eigenvalue weighted by Crippen LogP contribution is -3.12. The Morgan fingerprint density at radius 3 is 2.86 bits per heavy atom. The first-order valence-electron chi connectivity index (χ1n) is 7.47. The van der Waals surface area contributed by atoms with Gasteiger partial charge in [0.15, 0.2) is 0 Å². The molecule has 0 bridgehead atoms. The van der Waals surface area contributed by atoms with Crippen LogP contribution in [0.25, 0.3) is 10.8 Å². The van der Waals surface area contributed by atoms with E-state index in [-0.39, 0.29) is 6.10 Å². The molecule has 4 heteroatoms. The van der Waals surface area contributed by atoms with E-state index in [4.69, 9.17) is 4.74 Å². The molecule has 0 aliphatic carbocycles. The lowest BCUT2D eigenvalue weighted by molar-refractivity contribution is -0.921. The molecule has 0 radical (unpaired) electrons. The van der Waals surface area contributed by atoms with Gasteiger partial charge in [-0.25, -0.2) is 0 Å². The van der Waals surface area contributed by atoms with E-state index < -0.39 is 0 Å². The molecule has 1 aliphatic heterocycles. The molecule has 1 heterocycles. The normalized spacial score (nSPS) is 22.4. The molecule has 2 aromatic rings. The summed E-state index contributed by atoms with van der Waals surface area (Å²) in [6.45, 7) is 2.52. The van der Waals surface area contributed by atoms with E-state index in [1.807, 2.05) is 24.3 Å². The molecule has 21 heavy (non-hydrogen) atoms. The highest BCUT2D eigenvalue weighted by molar-refractivity contribution is 5.88. The Kier molecular flexibility index (Phi) is 3.99. The van der Waals surface area contributed by atoms with Gasteiger partial charge >= 0.3 is 0 Å². The standard InChI is InChI=1S/C17H21NO3/c1-21-14-6-4-12-5-7-17(20)16(15(12)9-14)11-18-8-2-3-13(19)10-18/h4-7,9,13,19-20H,2-3,8,10-11H2,1H3/p+1/t13-/m1/s1. The van der Waals surface area contributed by atoms with Gasteiger partial charge in [0.25, 0.3) is 0 Å². The van der Waals surface area contributed by atoms with Gasteiger partial charge in [0.05, 0.1) is 19.2 Å². The minimum atomic E-state index is -0.222. The second-order valence-electron chi connectivity index (χ2n) is 5.83. The topological polar surface area (TPSA) is 54.1 Å². The number of likely N-dealkylation sites (tertiary alicyclic amines) is 1. The molecular formula is C17H22NO3+. The van der Waals surface area contributed by atoms with E-state index in [0.717, 1.165) is 54.6 Å². The van der Waals surface area contributed by atoms with Gasteiger partial charge in [-0.1, -0.05) is 12.1 Å². The molecule has 0 saturated carbocycles. The number of rotatable bonds is 3. The third-order valence-electron chi connectivity index (χ3n) is 4.33. The zero-order valence-corrected chi connectivity index (χ0v) is 12.3. The lowest BCUT2D eigenvalue weighted by Gasteiger charge is -2.27. The number of quaternary nitrogens is 1. The molecule has 3 rings (SSSR count). The average molecular weight is 288 g/mol. The Bertz CT molecular complexity index is 641. The second kappa shape index (κ2) is 5.92. The van der Waals surface area contributed by atoms with E-state index in [2.05, 4.69) is 0 Å². The van der Waals surface area contributed by atoms with Gasteiger partial charge in [-0.05, 0) is 41.8 Å². The van der Waals surface area contributed by atoms with Gasteiger partial charge in [0.1, 0.15) is 30.7 Å². The summed E-state index contributed by atoms with van der Waals surface area (Å²) in [5, 5.41) is 22.2. The van der Waals surface area contributed by atoms with E-state index in [0.29, 0.717) is 5.75 Å². The molecule has 1 fully saturated rings. The fourth-order valence-corrected chi connectivity index (χ4v) is 3.20.